The van der Waals surface area contributed by atoms with Gasteiger partial charge in [0.15, 0.2) is 11.9 Å². The second-order valence-electron chi connectivity index (χ2n) is 13.6. The van der Waals surface area contributed by atoms with Gasteiger partial charge in [0.2, 0.25) is 0 Å². The van der Waals surface area contributed by atoms with Gasteiger partial charge in [-0.2, -0.15) is 0 Å². The van der Waals surface area contributed by atoms with E-state index in [1.165, 1.54) is 83.5 Å². The highest BCUT2D eigenvalue weighted by molar-refractivity contribution is 7.47. The second-order valence-corrected chi connectivity index (χ2v) is 15.1. The van der Waals surface area contributed by atoms with Crippen LogP contribution in [0.2, 0.25) is 0 Å². The Labute approximate surface area is 323 Å². The summed E-state index contributed by atoms with van der Waals surface area (Å²) in [6.45, 7) is 3.96. The van der Waals surface area contributed by atoms with Gasteiger partial charge in [-0.3, -0.25) is 18.6 Å². The van der Waals surface area contributed by atoms with Crippen molar-refractivity contribution in [2.75, 3.05) is 26.4 Å². The molecule has 0 amide bonds. The quantitative estimate of drug-likeness (QED) is 0.0119. The average Bonchev–Trinajstić information content (AvgIpc) is 3.14. The third kappa shape index (κ3) is 39.2. The number of unbranched alkanes of at least 4 members (excludes halogenated alkanes) is 17. The fourth-order valence-electron chi connectivity index (χ4n) is 5.34. The van der Waals surface area contributed by atoms with E-state index in [9.17, 15) is 19.0 Å². The first-order valence-corrected chi connectivity index (χ1v) is 22.3. The molecule has 0 aromatic carbocycles. The molecule has 0 bridgehead atoms. The van der Waals surface area contributed by atoms with Gasteiger partial charge in [0.05, 0.1) is 19.5 Å². The number of phosphoric ester groups is 1. The van der Waals surface area contributed by atoms with Gasteiger partial charge in [0.25, 0.3) is 0 Å². The van der Waals surface area contributed by atoms with Gasteiger partial charge in [-0.05, 0) is 57.1 Å². The van der Waals surface area contributed by atoms with Gasteiger partial charge < -0.3 is 20.1 Å². The molecular formula is C43H76NO8P. The number of carbonyl (C=O) groups is 2. The summed E-state index contributed by atoms with van der Waals surface area (Å²) in [5.41, 5.74) is 5.35. The fraction of sp³-hybridized carbons (Fsp3) is 0.721. The minimum absolute atomic E-state index is 0.0825. The normalized spacial score (nSPS) is 14.0. The van der Waals surface area contributed by atoms with Crippen molar-refractivity contribution in [1.29, 1.82) is 0 Å². The number of ether oxygens (including phenoxy) is 2. The largest absolute Gasteiger partial charge is 0.492 e. The minimum atomic E-state index is -4.29. The highest BCUT2D eigenvalue weighted by atomic mass is 31.2. The molecule has 0 radical (unpaired) electrons. The SMILES string of the molecule is CCCCCCCCCCCCCCCC/C=C/O[C@H](COC(=O)CCC/C=C\C/C=C\C/C=C\C=C\C(=O)CCCCC)COP(=O)(O)OCCN. The van der Waals surface area contributed by atoms with Gasteiger partial charge in [0.1, 0.15) is 6.61 Å². The number of phosphoric acid groups is 1. The number of carbonyl (C=O) groups excluding carboxylic acids is 2. The lowest BCUT2D eigenvalue weighted by atomic mass is 10.0. The first kappa shape index (κ1) is 50.7. The molecule has 0 rings (SSSR count). The highest BCUT2D eigenvalue weighted by Gasteiger charge is 2.24. The van der Waals surface area contributed by atoms with Crippen LogP contribution in [0.25, 0.3) is 0 Å². The number of nitrogens with two attached hydrogens (primary N) is 1. The van der Waals surface area contributed by atoms with Crippen LogP contribution in [-0.4, -0.2) is 49.1 Å². The van der Waals surface area contributed by atoms with Crippen LogP contribution < -0.4 is 5.73 Å². The Balaban J connectivity index is 4.25. The van der Waals surface area contributed by atoms with Crippen molar-refractivity contribution in [2.24, 2.45) is 5.73 Å². The number of hydrogen-bond acceptors (Lipinski definition) is 8. The van der Waals surface area contributed by atoms with Crippen molar-refractivity contribution in [1.82, 2.24) is 0 Å². The number of rotatable bonds is 39. The number of ketones is 1. The maximum Gasteiger partial charge on any atom is 0.472 e. The summed E-state index contributed by atoms with van der Waals surface area (Å²) < 4.78 is 33.1. The zero-order valence-corrected chi connectivity index (χ0v) is 34.4. The summed E-state index contributed by atoms with van der Waals surface area (Å²) in [4.78, 5) is 33.9. The zero-order chi connectivity index (χ0) is 38.9. The maximum absolute atomic E-state index is 12.4. The summed E-state index contributed by atoms with van der Waals surface area (Å²) in [5, 5.41) is 0. The van der Waals surface area contributed by atoms with E-state index in [1.54, 1.807) is 18.4 Å². The Kier molecular flexibility index (Phi) is 37.7. The Bertz CT molecular complexity index is 1050. The molecule has 306 valence electrons. The van der Waals surface area contributed by atoms with E-state index in [-0.39, 0.29) is 44.5 Å². The van der Waals surface area contributed by atoms with Crippen LogP contribution in [0, 0.1) is 0 Å². The van der Waals surface area contributed by atoms with Gasteiger partial charge in [-0.15, -0.1) is 0 Å². The Morgan fingerprint density at radius 1 is 0.642 bits per heavy atom. The van der Waals surface area contributed by atoms with Gasteiger partial charge in [-0.25, -0.2) is 4.57 Å². The fourth-order valence-corrected chi connectivity index (χ4v) is 6.10. The third-order valence-electron chi connectivity index (χ3n) is 8.50. The molecule has 0 aliphatic heterocycles. The van der Waals surface area contributed by atoms with Crippen LogP contribution in [-0.2, 0) is 32.7 Å². The monoisotopic (exact) mass is 766 g/mol. The smallest absolute Gasteiger partial charge is 0.472 e. The molecule has 0 saturated heterocycles. The second kappa shape index (κ2) is 39.4. The van der Waals surface area contributed by atoms with Crippen LogP contribution in [0.15, 0.2) is 60.9 Å². The van der Waals surface area contributed by atoms with Crippen molar-refractivity contribution >= 4 is 19.6 Å². The summed E-state index contributed by atoms with van der Waals surface area (Å²) in [5.74, 6) is -0.188. The topological polar surface area (TPSA) is 134 Å². The van der Waals surface area contributed by atoms with Crippen LogP contribution in [0.5, 0.6) is 0 Å². The molecule has 0 aliphatic rings. The first-order valence-electron chi connectivity index (χ1n) is 20.8. The molecule has 0 aromatic heterocycles. The molecule has 2 atom stereocenters. The van der Waals surface area contributed by atoms with E-state index < -0.39 is 13.9 Å². The van der Waals surface area contributed by atoms with E-state index in [2.05, 4.69) is 32.1 Å². The highest BCUT2D eigenvalue weighted by Crippen LogP contribution is 2.43. The lowest BCUT2D eigenvalue weighted by Gasteiger charge is -2.19. The van der Waals surface area contributed by atoms with Crippen LogP contribution in [0.1, 0.15) is 168 Å². The Morgan fingerprint density at radius 3 is 1.85 bits per heavy atom. The Hall–Kier alpha value is -2.29. The van der Waals surface area contributed by atoms with Crippen molar-refractivity contribution in [3.05, 3.63) is 60.9 Å². The summed E-state index contributed by atoms with van der Waals surface area (Å²) in [7, 11) is -4.29. The predicted molar refractivity (Wildman–Crippen MR) is 219 cm³/mol. The maximum atomic E-state index is 12.4. The molecule has 0 aromatic rings. The van der Waals surface area contributed by atoms with Crippen molar-refractivity contribution in [2.45, 2.75) is 174 Å². The molecule has 10 heteroatoms. The standard InChI is InChI=1S/C43H76NO8P/c1-3-5-7-8-9-10-11-12-13-14-15-19-22-25-28-32-37-49-42(40-52-53(47,48)51-38-36-44)39-50-43(46)35-31-27-24-21-18-16-17-20-23-26-30-34-41(45)33-29-6-4-2/h16-17,21,23-24,26,30,32,34,37,42H,3-15,18-20,22,25,27-29,31,33,35-36,38-40,44H2,1-2H3,(H,47,48)/b17-16-,24-21-,26-23-,34-30+,37-32+/t42-/m1/s1. The van der Waals surface area contributed by atoms with Crippen molar-refractivity contribution in [3.63, 3.8) is 0 Å². The van der Waals surface area contributed by atoms with Gasteiger partial charge >= 0.3 is 13.8 Å². The molecule has 0 aliphatic carbocycles. The van der Waals surface area contributed by atoms with Crippen molar-refractivity contribution < 1.29 is 37.6 Å². The van der Waals surface area contributed by atoms with Crippen LogP contribution >= 0.6 is 7.82 Å². The molecular weight excluding hydrogens is 689 g/mol. The van der Waals surface area contributed by atoms with E-state index in [0.29, 0.717) is 12.8 Å². The van der Waals surface area contributed by atoms with Crippen LogP contribution in [0.4, 0.5) is 0 Å². The molecule has 0 spiro atoms. The lowest BCUT2D eigenvalue weighted by Crippen LogP contribution is -2.25. The van der Waals surface area contributed by atoms with Crippen LogP contribution in [0.3, 0.4) is 0 Å². The number of hydrogen-bond donors (Lipinski definition) is 2. The lowest BCUT2D eigenvalue weighted by molar-refractivity contribution is -0.147. The first-order chi connectivity index (χ1) is 25.8. The zero-order valence-electron chi connectivity index (χ0n) is 33.5. The van der Waals surface area contributed by atoms with E-state index in [4.69, 9.17) is 24.3 Å². The van der Waals surface area contributed by atoms with E-state index in [1.807, 2.05) is 24.3 Å². The van der Waals surface area contributed by atoms with Crippen molar-refractivity contribution in [3.8, 4) is 0 Å². The molecule has 9 nitrogen and oxygen atoms in total. The van der Waals surface area contributed by atoms with Gasteiger partial charge in [0, 0.05) is 19.4 Å². The van der Waals surface area contributed by atoms with E-state index >= 15 is 0 Å². The summed E-state index contributed by atoms with van der Waals surface area (Å²) in [6.07, 6.45) is 44.7. The molecule has 53 heavy (non-hydrogen) atoms. The minimum Gasteiger partial charge on any atom is -0.492 e. The number of esters is 1. The summed E-state index contributed by atoms with van der Waals surface area (Å²) in [6, 6.07) is 0. The van der Waals surface area contributed by atoms with Gasteiger partial charge in [-0.1, -0.05) is 153 Å². The predicted octanol–water partition coefficient (Wildman–Crippen LogP) is 11.7. The third-order valence-corrected chi connectivity index (χ3v) is 9.49. The molecule has 1 unspecified atom stereocenters. The molecule has 0 heterocycles. The summed E-state index contributed by atoms with van der Waals surface area (Å²) >= 11 is 0. The molecule has 0 saturated carbocycles. The number of allylic oxidation sites excluding steroid dienone is 9. The molecule has 0 fully saturated rings. The van der Waals surface area contributed by atoms with E-state index in [0.717, 1.165) is 51.4 Å². The average molecular weight is 766 g/mol. The Morgan fingerprint density at radius 2 is 1.21 bits per heavy atom. The molecule has 3 N–H and O–H groups in total.